The van der Waals surface area contributed by atoms with Crippen LogP contribution in [0.25, 0.3) is 0 Å². The van der Waals surface area contributed by atoms with E-state index in [2.05, 4.69) is 23.3 Å². The first-order valence-electron chi connectivity index (χ1n) is 7.27. The molecule has 0 saturated heterocycles. The fourth-order valence-corrected chi connectivity index (χ4v) is 2.22. The fraction of sp³-hybridized carbons (Fsp3) is 0.353. The van der Waals surface area contributed by atoms with Crippen LogP contribution in [0.4, 0.5) is 15.9 Å². The number of pyridine rings is 1. The molecule has 0 unspecified atom stereocenters. The minimum Gasteiger partial charge on any atom is -0.329 e. The van der Waals surface area contributed by atoms with E-state index in [1.54, 1.807) is 6.07 Å². The van der Waals surface area contributed by atoms with E-state index in [0.717, 1.165) is 36.7 Å². The Kier molecular flexibility index (Phi) is 5.28. The lowest BCUT2D eigenvalue weighted by Crippen LogP contribution is -2.16. The van der Waals surface area contributed by atoms with Crippen LogP contribution in [0.3, 0.4) is 0 Å². The first kappa shape index (κ1) is 15.4. The molecule has 1 N–H and O–H groups in total. The summed E-state index contributed by atoms with van der Waals surface area (Å²) in [7, 11) is 1.90. The van der Waals surface area contributed by atoms with E-state index in [9.17, 15) is 4.39 Å². The molecule has 0 atom stereocenters. The summed E-state index contributed by atoms with van der Waals surface area (Å²) in [6.07, 6.45) is 1.11. The Morgan fingerprint density at radius 3 is 2.76 bits per heavy atom. The molecule has 0 radical (unpaired) electrons. The average Bonchev–Trinajstić information content (AvgIpc) is 2.46. The number of aromatic nitrogens is 1. The van der Waals surface area contributed by atoms with Gasteiger partial charge in [-0.2, -0.15) is 0 Å². The number of aryl methyl sites for hydroxylation is 1. The smallest absolute Gasteiger partial charge is 0.133 e. The van der Waals surface area contributed by atoms with Gasteiger partial charge in [0, 0.05) is 25.0 Å². The lowest BCUT2D eigenvalue weighted by atomic mass is 10.2. The van der Waals surface area contributed by atoms with Gasteiger partial charge in [0.15, 0.2) is 0 Å². The summed E-state index contributed by atoms with van der Waals surface area (Å²) in [6.45, 7) is 5.94. The second-order valence-corrected chi connectivity index (χ2v) is 5.19. The minimum atomic E-state index is -0.239. The molecule has 21 heavy (non-hydrogen) atoms. The number of hydrogen-bond acceptors (Lipinski definition) is 3. The molecule has 4 heteroatoms. The van der Waals surface area contributed by atoms with E-state index in [-0.39, 0.29) is 5.82 Å². The average molecular weight is 287 g/mol. The Balaban J connectivity index is 2.22. The Morgan fingerprint density at radius 1 is 1.24 bits per heavy atom. The number of nitrogens with zero attached hydrogens (tertiary/aromatic N) is 2. The van der Waals surface area contributed by atoms with Crippen molar-refractivity contribution in [3.63, 3.8) is 0 Å². The molecule has 1 heterocycles. The molecule has 0 aliphatic rings. The maximum absolute atomic E-state index is 13.4. The third kappa shape index (κ3) is 4.26. The zero-order valence-electron chi connectivity index (χ0n) is 12.9. The SMILES string of the molecule is CCCNCc1cc(C)nc(N(C)c2cccc(F)c2)c1. The van der Waals surface area contributed by atoms with Crippen molar-refractivity contribution in [1.29, 1.82) is 0 Å². The zero-order valence-corrected chi connectivity index (χ0v) is 12.9. The number of halogens is 1. The Bertz CT molecular complexity index is 598. The topological polar surface area (TPSA) is 28.2 Å². The van der Waals surface area contributed by atoms with Crippen molar-refractivity contribution in [3.05, 3.63) is 53.5 Å². The Morgan fingerprint density at radius 2 is 2.05 bits per heavy atom. The van der Waals surface area contributed by atoms with Crippen molar-refractivity contribution < 1.29 is 4.39 Å². The molecule has 2 aromatic rings. The third-order valence-corrected chi connectivity index (χ3v) is 3.29. The van der Waals surface area contributed by atoms with Crippen molar-refractivity contribution in [3.8, 4) is 0 Å². The molecule has 0 bridgehead atoms. The summed E-state index contributed by atoms with van der Waals surface area (Å²) < 4.78 is 13.4. The summed E-state index contributed by atoms with van der Waals surface area (Å²) in [4.78, 5) is 6.45. The predicted octanol–water partition coefficient (Wildman–Crippen LogP) is 3.80. The largest absolute Gasteiger partial charge is 0.329 e. The Hall–Kier alpha value is -1.94. The van der Waals surface area contributed by atoms with E-state index < -0.39 is 0 Å². The van der Waals surface area contributed by atoms with Crippen molar-refractivity contribution in [1.82, 2.24) is 10.3 Å². The molecular formula is C17H22FN3. The second kappa shape index (κ2) is 7.18. The lowest BCUT2D eigenvalue weighted by molar-refractivity contribution is 0.628. The van der Waals surface area contributed by atoms with Crippen LogP contribution in [0.1, 0.15) is 24.6 Å². The van der Waals surface area contributed by atoms with E-state index in [1.165, 1.54) is 17.7 Å². The quantitative estimate of drug-likeness (QED) is 0.819. The van der Waals surface area contributed by atoms with Gasteiger partial charge in [0.1, 0.15) is 11.6 Å². The summed E-state index contributed by atoms with van der Waals surface area (Å²) in [5.41, 5.74) is 2.94. The van der Waals surface area contributed by atoms with E-state index in [4.69, 9.17) is 0 Å². The highest BCUT2D eigenvalue weighted by Gasteiger charge is 2.08. The summed E-state index contributed by atoms with van der Waals surface area (Å²) >= 11 is 0. The molecular weight excluding hydrogens is 265 g/mol. The van der Waals surface area contributed by atoms with Gasteiger partial charge in [-0.15, -0.1) is 0 Å². The van der Waals surface area contributed by atoms with Crippen molar-refractivity contribution >= 4 is 11.5 Å². The summed E-state index contributed by atoms with van der Waals surface area (Å²) in [5.74, 6) is 0.589. The van der Waals surface area contributed by atoms with E-state index in [1.807, 2.05) is 31.0 Å². The molecule has 2 rings (SSSR count). The first-order valence-corrected chi connectivity index (χ1v) is 7.27. The van der Waals surface area contributed by atoms with Crippen LogP contribution >= 0.6 is 0 Å². The van der Waals surface area contributed by atoms with Gasteiger partial charge in [-0.1, -0.05) is 13.0 Å². The molecule has 0 spiro atoms. The normalized spacial score (nSPS) is 10.7. The standard InChI is InChI=1S/C17H22FN3/c1-4-8-19-12-14-9-13(2)20-17(10-14)21(3)16-7-5-6-15(18)11-16/h5-7,9-11,19H,4,8,12H2,1-3H3. The highest BCUT2D eigenvalue weighted by Crippen LogP contribution is 2.23. The molecule has 3 nitrogen and oxygen atoms in total. The van der Waals surface area contributed by atoms with Crippen molar-refractivity contribution in [2.24, 2.45) is 0 Å². The monoisotopic (exact) mass is 287 g/mol. The van der Waals surface area contributed by atoms with E-state index in [0.29, 0.717) is 0 Å². The van der Waals surface area contributed by atoms with Crippen molar-refractivity contribution in [2.45, 2.75) is 26.8 Å². The van der Waals surface area contributed by atoms with Gasteiger partial charge in [0.05, 0.1) is 0 Å². The second-order valence-electron chi connectivity index (χ2n) is 5.19. The van der Waals surface area contributed by atoms with Crippen LogP contribution in [0.5, 0.6) is 0 Å². The molecule has 0 aliphatic heterocycles. The first-order chi connectivity index (χ1) is 10.1. The van der Waals surface area contributed by atoms with Gasteiger partial charge in [0.2, 0.25) is 0 Å². The molecule has 0 saturated carbocycles. The van der Waals surface area contributed by atoms with Gasteiger partial charge < -0.3 is 10.2 Å². The van der Waals surface area contributed by atoms with Gasteiger partial charge >= 0.3 is 0 Å². The predicted molar refractivity (Wildman–Crippen MR) is 85.4 cm³/mol. The fourth-order valence-electron chi connectivity index (χ4n) is 2.22. The number of benzene rings is 1. The van der Waals surface area contributed by atoms with Gasteiger partial charge in [-0.05, 0) is 55.8 Å². The third-order valence-electron chi connectivity index (χ3n) is 3.29. The highest BCUT2D eigenvalue weighted by molar-refractivity contribution is 5.59. The molecule has 0 amide bonds. The zero-order chi connectivity index (χ0) is 15.2. The van der Waals surface area contributed by atoms with Crippen LogP contribution in [0, 0.1) is 12.7 Å². The van der Waals surface area contributed by atoms with Gasteiger partial charge in [0.25, 0.3) is 0 Å². The molecule has 112 valence electrons. The highest BCUT2D eigenvalue weighted by atomic mass is 19.1. The molecule has 0 aliphatic carbocycles. The maximum Gasteiger partial charge on any atom is 0.133 e. The minimum absolute atomic E-state index is 0.239. The summed E-state index contributed by atoms with van der Waals surface area (Å²) in [5, 5.41) is 3.39. The van der Waals surface area contributed by atoms with Crippen LogP contribution < -0.4 is 10.2 Å². The molecule has 1 aromatic heterocycles. The lowest BCUT2D eigenvalue weighted by Gasteiger charge is -2.20. The number of anilines is 2. The Labute approximate surface area is 125 Å². The maximum atomic E-state index is 13.4. The van der Waals surface area contributed by atoms with E-state index >= 15 is 0 Å². The van der Waals surface area contributed by atoms with Gasteiger partial charge in [-0.25, -0.2) is 9.37 Å². The summed E-state index contributed by atoms with van der Waals surface area (Å²) in [6, 6.07) is 10.7. The molecule has 1 aromatic carbocycles. The number of nitrogens with one attached hydrogen (secondary N) is 1. The van der Waals surface area contributed by atoms with Gasteiger partial charge in [-0.3, -0.25) is 0 Å². The van der Waals surface area contributed by atoms with Crippen LogP contribution in [-0.2, 0) is 6.54 Å². The number of hydrogen-bond donors (Lipinski definition) is 1. The number of rotatable bonds is 6. The molecule has 0 fully saturated rings. The van der Waals surface area contributed by atoms with Crippen molar-refractivity contribution in [2.75, 3.05) is 18.5 Å². The van der Waals surface area contributed by atoms with Crippen LogP contribution in [0.15, 0.2) is 36.4 Å². The van der Waals surface area contributed by atoms with Crippen LogP contribution in [0.2, 0.25) is 0 Å². The van der Waals surface area contributed by atoms with Crippen LogP contribution in [-0.4, -0.2) is 18.6 Å².